The predicted octanol–water partition coefficient (Wildman–Crippen LogP) is 1.33. The molecule has 0 amide bonds. The van der Waals surface area contributed by atoms with E-state index in [9.17, 15) is 8.78 Å². The molecule has 0 saturated carbocycles. The fourth-order valence-corrected chi connectivity index (χ4v) is 1.70. The number of hydrogen-bond acceptors (Lipinski definition) is 3. The molecule has 2 unspecified atom stereocenters. The Balaban J connectivity index is 2.78. The van der Waals surface area contributed by atoms with E-state index in [0.29, 0.717) is 12.0 Å². The van der Waals surface area contributed by atoms with Crippen LogP contribution < -0.4 is 11.1 Å². The summed E-state index contributed by atoms with van der Waals surface area (Å²) in [5.74, 6) is -1.23. The van der Waals surface area contributed by atoms with Gasteiger partial charge in [-0.2, -0.15) is 0 Å². The van der Waals surface area contributed by atoms with E-state index in [2.05, 4.69) is 5.32 Å². The van der Waals surface area contributed by atoms with Crippen LogP contribution >= 0.6 is 0 Å². The van der Waals surface area contributed by atoms with Crippen molar-refractivity contribution in [2.45, 2.75) is 25.4 Å². The van der Waals surface area contributed by atoms with Gasteiger partial charge in [0.15, 0.2) is 0 Å². The predicted molar refractivity (Wildman–Crippen MR) is 62.5 cm³/mol. The molecule has 0 aromatic heterocycles. The Morgan fingerprint density at radius 3 is 2.35 bits per heavy atom. The van der Waals surface area contributed by atoms with Crippen molar-refractivity contribution in [1.29, 1.82) is 0 Å². The summed E-state index contributed by atoms with van der Waals surface area (Å²) in [5.41, 5.74) is 6.06. The van der Waals surface area contributed by atoms with Gasteiger partial charge in [0.1, 0.15) is 11.6 Å². The Hall–Kier alpha value is -1.04. The Kier molecular flexibility index (Phi) is 5.47. The number of rotatable bonds is 6. The number of halogens is 2. The monoisotopic (exact) mass is 244 g/mol. The zero-order valence-electron chi connectivity index (χ0n) is 9.79. The molecular formula is C12H18F2N2O. The Bertz CT molecular complexity index is 340. The van der Waals surface area contributed by atoms with Gasteiger partial charge in [0.05, 0.1) is 0 Å². The van der Waals surface area contributed by atoms with Crippen LogP contribution in [0.25, 0.3) is 0 Å². The molecule has 5 heteroatoms. The molecule has 1 rings (SSSR count). The van der Waals surface area contributed by atoms with Gasteiger partial charge in [-0.15, -0.1) is 0 Å². The zero-order valence-corrected chi connectivity index (χ0v) is 9.79. The highest BCUT2D eigenvalue weighted by Gasteiger charge is 2.14. The number of aliphatic hydroxyl groups is 1. The van der Waals surface area contributed by atoms with Crippen molar-refractivity contribution < 1.29 is 13.9 Å². The lowest BCUT2D eigenvalue weighted by atomic mass is 10.0. The van der Waals surface area contributed by atoms with E-state index in [1.54, 1.807) is 0 Å². The topological polar surface area (TPSA) is 58.3 Å². The maximum Gasteiger partial charge on any atom is 0.126 e. The molecule has 0 aliphatic heterocycles. The minimum atomic E-state index is -0.616. The van der Waals surface area contributed by atoms with Crippen molar-refractivity contribution in [3.8, 4) is 0 Å². The standard InChI is InChI=1S/C12H18F2N2O/c1-8(2-3-17)16-12(7-15)9-4-10(13)6-11(14)5-9/h4-6,8,12,16-17H,2-3,7,15H2,1H3. The first-order valence-electron chi connectivity index (χ1n) is 5.59. The smallest absolute Gasteiger partial charge is 0.126 e. The molecule has 0 aliphatic rings. The van der Waals surface area contributed by atoms with Crippen LogP contribution in [0.5, 0.6) is 0 Å². The lowest BCUT2D eigenvalue weighted by Gasteiger charge is -2.22. The Morgan fingerprint density at radius 1 is 1.29 bits per heavy atom. The number of hydrogen-bond donors (Lipinski definition) is 3. The fraction of sp³-hybridized carbons (Fsp3) is 0.500. The second-order valence-electron chi connectivity index (χ2n) is 4.07. The number of aliphatic hydroxyl groups excluding tert-OH is 1. The first kappa shape index (κ1) is 14.0. The molecule has 0 fully saturated rings. The van der Waals surface area contributed by atoms with Crippen LogP contribution in [-0.2, 0) is 0 Å². The summed E-state index contributed by atoms with van der Waals surface area (Å²) in [7, 11) is 0. The molecule has 0 saturated heterocycles. The quantitative estimate of drug-likeness (QED) is 0.707. The zero-order chi connectivity index (χ0) is 12.8. The largest absolute Gasteiger partial charge is 0.396 e. The molecule has 17 heavy (non-hydrogen) atoms. The molecule has 0 bridgehead atoms. The Labute approximate surface area is 99.6 Å². The average molecular weight is 244 g/mol. The van der Waals surface area contributed by atoms with Crippen molar-refractivity contribution in [1.82, 2.24) is 5.32 Å². The van der Waals surface area contributed by atoms with E-state index in [4.69, 9.17) is 10.8 Å². The number of benzene rings is 1. The highest BCUT2D eigenvalue weighted by molar-refractivity contribution is 5.21. The van der Waals surface area contributed by atoms with Crippen LogP contribution in [0.2, 0.25) is 0 Å². The molecule has 0 heterocycles. The normalized spacial score (nSPS) is 14.6. The van der Waals surface area contributed by atoms with Crippen LogP contribution in [0.1, 0.15) is 24.9 Å². The Morgan fingerprint density at radius 2 is 1.88 bits per heavy atom. The first-order valence-corrected chi connectivity index (χ1v) is 5.59. The van der Waals surface area contributed by atoms with E-state index in [1.807, 2.05) is 6.92 Å². The second-order valence-corrected chi connectivity index (χ2v) is 4.07. The minimum absolute atomic E-state index is 0.0277. The van der Waals surface area contributed by atoms with Crippen LogP contribution in [0.4, 0.5) is 8.78 Å². The molecule has 0 radical (unpaired) electrons. The van der Waals surface area contributed by atoms with Gasteiger partial charge >= 0.3 is 0 Å². The molecule has 0 aliphatic carbocycles. The van der Waals surface area contributed by atoms with Crippen LogP contribution in [0, 0.1) is 11.6 Å². The van der Waals surface area contributed by atoms with Crippen molar-refractivity contribution in [2.75, 3.05) is 13.2 Å². The van der Waals surface area contributed by atoms with Crippen molar-refractivity contribution in [2.24, 2.45) is 5.73 Å². The first-order chi connectivity index (χ1) is 8.06. The molecule has 2 atom stereocenters. The summed E-state index contributed by atoms with van der Waals surface area (Å²) in [6.45, 7) is 2.18. The van der Waals surface area contributed by atoms with Crippen LogP contribution in [0.15, 0.2) is 18.2 Å². The molecule has 1 aromatic carbocycles. The van der Waals surface area contributed by atoms with Gasteiger partial charge in [-0.1, -0.05) is 0 Å². The molecule has 4 N–H and O–H groups in total. The number of nitrogens with one attached hydrogen (secondary N) is 1. The van der Waals surface area contributed by atoms with Crippen molar-refractivity contribution >= 4 is 0 Å². The maximum absolute atomic E-state index is 13.1. The fourth-order valence-electron chi connectivity index (χ4n) is 1.70. The summed E-state index contributed by atoms with van der Waals surface area (Å²) in [4.78, 5) is 0. The van der Waals surface area contributed by atoms with Gasteiger partial charge in [0.25, 0.3) is 0 Å². The lowest BCUT2D eigenvalue weighted by Crippen LogP contribution is -2.35. The second kappa shape index (κ2) is 6.64. The van der Waals surface area contributed by atoms with Crippen molar-refractivity contribution in [3.63, 3.8) is 0 Å². The van der Waals surface area contributed by atoms with Gasteiger partial charge in [0, 0.05) is 31.3 Å². The van der Waals surface area contributed by atoms with Crippen LogP contribution in [-0.4, -0.2) is 24.3 Å². The van der Waals surface area contributed by atoms with E-state index >= 15 is 0 Å². The van der Waals surface area contributed by atoms with E-state index in [1.165, 1.54) is 12.1 Å². The van der Waals surface area contributed by atoms with Gasteiger partial charge < -0.3 is 16.2 Å². The third kappa shape index (κ3) is 4.38. The summed E-state index contributed by atoms with van der Waals surface area (Å²) < 4.78 is 26.1. The molecule has 3 nitrogen and oxygen atoms in total. The highest BCUT2D eigenvalue weighted by Crippen LogP contribution is 2.16. The summed E-state index contributed by atoms with van der Waals surface area (Å²) in [6, 6.07) is 3.06. The highest BCUT2D eigenvalue weighted by atomic mass is 19.1. The van der Waals surface area contributed by atoms with Gasteiger partial charge in [-0.05, 0) is 31.0 Å². The SMILES string of the molecule is CC(CCO)NC(CN)c1cc(F)cc(F)c1. The molecule has 1 aromatic rings. The molecular weight excluding hydrogens is 226 g/mol. The summed E-state index contributed by atoms with van der Waals surface area (Å²) in [6.07, 6.45) is 0.564. The maximum atomic E-state index is 13.1. The van der Waals surface area contributed by atoms with E-state index < -0.39 is 11.6 Å². The van der Waals surface area contributed by atoms with Gasteiger partial charge in [-0.3, -0.25) is 0 Å². The third-order valence-electron chi connectivity index (χ3n) is 2.57. The van der Waals surface area contributed by atoms with Gasteiger partial charge in [0.2, 0.25) is 0 Å². The van der Waals surface area contributed by atoms with Crippen LogP contribution in [0.3, 0.4) is 0 Å². The minimum Gasteiger partial charge on any atom is -0.396 e. The molecule has 96 valence electrons. The van der Waals surface area contributed by atoms with Crippen molar-refractivity contribution in [3.05, 3.63) is 35.4 Å². The van der Waals surface area contributed by atoms with E-state index in [-0.39, 0.29) is 25.2 Å². The van der Waals surface area contributed by atoms with Gasteiger partial charge in [-0.25, -0.2) is 8.78 Å². The average Bonchev–Trinajstić information content (AvgIpc) is 2.24. The lowest BCUT2D eigenvalue weighted by molar-refractivity contribution is 0.263. The number of nitrogens with two attached hydrogens (primary N) is 1. The summed E-state index contributed by atoms with van der Waals surface area (Å²) >= 11 is 0. The van der Waals surface area contributed by atoms with E-state index in [0.717, 1.165) is 6.07 Å². The molecule has 0 spiro atoms. The third-order valence-corrected chi connectivity index (χ3v) is 2.57. The summed E-state index contributed by atoms with van der Waals surface area (Å²) in [5, 5.41) is 11.9.